The molecule has 2 unspecified atom stereocenters. The fourth-order valence-electron chi connectivity index (χ4n) is 3.13. The molecule has 18 heavy (non-hydrogen) atoms. The molecule has 0 aromatic carbocycles. The number of hydrogen-bond acceptors (Lipinski definition) is 2. The molecule has 1 N–H and O–H groups in total. The van der Waals surface area contributed by atoms with Crippen molar-refractivity contribution in [2.75, 3.05) is 26.7 Å². The molecule has 0 bridgehead atoms. The van der Waals surface area contributed by atoms with Crippen molar-refractivity contribution < 1.29 is 4.79 Å². The van der Waals surface area contributed by atoms with E-state index in [0.717, 1.165) is 32.5 Å². The number of amides is 1. The third-order valence-electron chi connectivity index (χ3n) is 4.75. The molecule has 1 heterocycles. The molecule has 2 aliphatic rings. The van der Waals surface area contributed by atoms with Crippen molar-refractivity contribution in [2.45, 2.75) is 39.5 Å². The lowest BCUT2D eigenvalue weighted by atomic mass is 9.91. The van der Waals surface area contributed by atoms with Gasteiger partial charge in [-0.1, -0.05) is 20.3 Å². The molecule has 0 aromatic rings. The van der Waals surface area contributed by atoms with Gasteiger partial charge in [0, 0.05) is 19.5 Å². The molecule has 1 aliphatic heterocycles. The molecular weight excluding hydrogens is 248 g/mol. The second kappa shape index (κ2) is 6.25. The van der Waals surface area contributed by atoms with Crippen molar-refractivity contribution >= 4 is 18.3 Å². The zero-order valence-electron chi connectivity index (χ0n) is 11.9. The van der Waals surface area contributed by atoms with E-state index in [4.69, 9.17) is 0 Å². The summed E-state index contributed by atoms with van der Waals surface area (Å²) in [6.45, 7) is 7.52. The maximum absolute atomic E-state index is 12.3. The van der Waals surface area contributed by atoms with Crippen LogP contribution >= 0.6 is 12.4 Å². The van der Waals surface area contributed by atoms with Crippen LogP contribution in [0.1, 0.15) is 39.5 Å². The van der Waals surface area contributed by atoms with Gasteiger partial charge in [0.25, 0.3) is 0 Å². The number of carbonyl (C=O) groups excluding carboxylic acids is 1. The van der Waals surface area contributed by atoms with E-state index in [9.17, 15) is 4.79 Å². The van der Waals surface area contributed by atoms with Gasteiger partial charge in [-0.05, 0) is 43.7 Å². The van der Waals surface area contributed by atoms with E-state index < -0.39 is 0 Å². The predicted octanol–water partition coefficient (Wildman–Crippen LogP) is 2.30. The Bertz CT molecular complexity index is 290. The van der Waals surface area contributed by atoms with Gasteiger partial charge in [0.05, 0.1) is 0 Å². The van der Waals surface area contributed by atoms with Crippen LogP contribution in [0.3, 0.4) is 0 Å². The zero-order valence-corrected chi connectivity index (χ0v) is 12.7. The van der Waals surface area contributed by atoms with Gasteiger partial charge in [-0.3, -0.25) is 4.79 Å². The SMILES string of the molecule is CCC(C)CN(C)C(=O)C1CC12CCNCC2.Cl. The van der Waals surface area contributed by atoms with E-state index in [1.807, 2.05) is 11.9 Å². The summed E-state index contributed by atoms with van der Waals surface area (Å²) in [5.41, 5.74) is 0.381. The van der Waals surface area contributed by atoms with E-state index in [-0.39, 0.29) is 12.4 Å². The van der Waals surface area contributed by atoms with E-state index in [2.05, 4.69) is 19.2 Å². The minimum absolute atomic E-state index is 0. The Morgan fingerprint density at radius 3 is 2.61 bits per heavy atom. The van der Waals surface area contributed by atoms with Gasteiger partial charge in [0.1, 0.15) is 0 Å². The summed E-state index contributed by atoms with van der Waals surface area (Å²) in [4.78, 5) is 14.3. The quantitative estimate of drug-likeness (QED) is 0.853. The highest BCUT2D eigenvalue weighted by molar-refractivity contribution is 5.85. The monoisotopic (exact) mass is 274 g/mol. The van der Waals surface area contributed by atoms with Gasteiger partial charge in [-0.2, -0.15) is 0 Å². The van der Waals surface area contributed by atoms with Gasteiger partial charge in [-0.25, -0.2) is 0 Å². The Morgan fingerprint density at radius 1 is 1.44 bits per heavy atom. The van der Waals surface area contributed by atoms with Crippen molar-refractivity contribution in [3.05, 3.63) is 0 Å². The van der Waals surface area contributed by atoms with Gasteiger partial charge >= 0.3 is 0 Å². The second-order valence-corrected chi connectivity index (χ2v) is 6.10. The van der Waals surface area contributed by atoms with Crippen LogP contribution in [-0.2, 0) is 4.79 Å². The van der Waals surface area contributed by atoms with Crippen LogP contribution in [0.5, 0.6) is 0 Å². The lowest BCUT2D eigenvalue weighted by molar-refractivity contribution is -0.132. The third-order valence-corrected chi connectivity index (χ3v) is 4.75. The lowest BCUT2D eigenvalue weighted by Crippen LogP contribution is -2.36. The molecule has 1 spiro atoms. The summed E-state index contributed by atoms with van der Waals surface area (Å²) in [6, 6.07) is 0. The molecular formula is C14H27ClN2O. The molecule has 1 aliphatic carbocycles. The number of hydrogen-bond donors (Lipinski definition) is 1. The van der Waals surface area contributed by atoms with Crippen LogP contribution in [0.15, 0.2) is 0 Å². The second-order valence-electron chi connectivity index (χ2n) is 6.10. The summed E-state index contributed by atoms with van der Waals surface area (Å²) < 4.78 is 0. The van der Waals surface area contributed by atoms with Crippen LogP contribution in [0.4, 0.5) is 0 Å². The molecule has 0 radical (unpaired) electrons. The fraction of sp³-hybridized carbons (Fsp3) is 0.929. The molecule has 1 saturated carbocycles. The minimum atomic E-state index is 0. The predicted molar refractivity (Wildman–Crippen MR) is 77.0 cm³/mol. The highest BCUT2D eigenvalue weighted by Gasteiger charge is 2.58. The van der Waals surface area contributed by atoms with Crippen molar-refractivity contribution in [1.82, 2.24) is 10.2 Å². The number of rotatable bonds is 4. The number of carbonyl (C=O) groups is 1. The Kier molecular flexibility index (Phi) is 5.47. The summed E-state index contributed by atoms with van der Waals surface area (Å²) >= 11 is 0. The average Bonchev–Trinajstić information content (AvgIpc) is 3.02. The maximum atomic E-state index is 12.3. The highest BCUT2D eigenvalue weighted by atomic mass is 35.5. The standard InChI is InChI=1S/C14H26N2O.ClH/c1-4-11(2)10-16(3)13(17)12-9-14(12)5-7-15-8-6-14;/h11-12,15H,4-10H2,1-3H3;1H. The van der Waals surface area contributed by atoms with Crippen molar-refractivity contribution in [3.8, 4) is 0 Å². The summed E-state index contributed by atoms with van der Waals surface area (Å²) in [7, 11) is 1.97. The van der Waals surface area contributed by atoms with Gasteiger partial charge in [0.15, 0.2) is 0 Å². The smallest absolute Gasteiger partial charge is 0.226 e. The van der Waals surface area contributed by atoms with E-state index in [1.54, 1.807) is 0 Å². The topological polar surface area (TPSA) is 32.3 Å². The summed E-state index contributed by atoms with van der Waals surface area (Å²) in [5, 5.41) is 3.39. The molecule has 1 amide bonds. The van der Waals surface area contributed by atoms with Gasteiger partial charge in [0.2, 0.25) is 5.91 Å². The lowest BCUT2D eigenvalue weighted by Gasteiger charge is -2.26. The average molecular weight is 275 g/mol. The first kappa shape index (κ1) is 15.8. The zero-order chi connectivity index (χ0) is 12.5. The Balaban J connectivity index is 0.00000162. The molecule has 106 valence electrons. The molecule has 3 nitrogen and oxygen atoms in total. The first-order chi connectivity index (χ1) is 8.09. The van der Waals surface area contributed by atoms with Crippen LogP contribution in [0, 0.1) is 17.3 Å². The number of piperidine rings is 1. The highest BCUT2D eigenvalue weighted by Crippen LogP contribution is 2.59. The van der Waals surface area contributed by atoms with Crippen LogP contribution in [0.25, 0.3) is 0 Å². The number of nitrogens with zero attached hydrogens (tertiary/aromatic N) is 1. The van der Waals surface area contributed by atoms with Gasteiger partial charge < -0.3 is 10.2 Å². The summed E-state index contributed by atoms with van der Waals surface area (Å²) in [6.07, 6.45) is 4.68. The van der Waals surface area contributed by atoms with Crippen molar-refractivity contribution in [2.24, 2.45) is 17.3 Å². The van der Waals surface area contributed by atoms with Crippen molar-refractivity contribution in [3.63, 3.8) is 0 Å². The molecule has 4 heteroatoms. The maximum Gasteiger partial charge on any atom is 0.226 e. The first-order valence-electron chi connectivity index (χ1n) is 7.05. The van der Waals surface area contributed by atoms with Gasteiger partial charge in [-0.15, -0.1) is 12.4 Å². The largest absolute Gasteiger partial charge is 0.345 e. The molecule has 2 rings (SSSR count). The summed E-state index contributed by atoms with van der Waals surface area (Å²) in [5.74, 6) is 1.34. The molecule has 2 atom stereocenters. The van der Waals surface area contributed by atoms with Crippen LogP contribution in [-0.4, -0.2) is 37.5 Å². The molecule has 0 aromatic heterocycles. The minimum Gasteiger partial charge on any atom is -0.345 e. The number of nitrogens with one attached hydrogen (secondary N) is 1. The van der Waals surface area contributed by atoms with E-state index in [0.29, 0.717) is 23.2 Å². The van der Waals surface area contributed by atoms with Crippen molar-refractivity contribution in [1.29, 1.82) is 0 Å². The Hall–Kier alpha value is -0.280. The Morgan fingerprint density at radius 2 is 2.06 bits per heavy atom. The molecule has 1 saturated heterocycles. The van der Waals surface area contributed by atoms with Crippen LogP contribution < -0.4 is 5.32 Å². The van der Waals surface area contributed by atoms with Crippen LogP contribution in [0.2, 0.25) is 0 Å². The van der Waals surface area contributed by atoms with E-state index in [1.165, 1.54) is 12.8 Å². The first-order valence-corrected chi connectivity index (χ1v) is 7.05. The molecule has 2 fully saturated rings. The third kappa shape index (κ3) is 3.18. The normalized spacial score (nSPS) is 26.3. The number of halogens is 1. The Labute approximate surface area is 117 Å². The fourth-order valence-corrected chi connectivity index (χ4v) is 3.13. The van der Waals surface area contributed by atoms with E-state index >= 15 is 0 Å².